The molecular formula is C39H22N4O2. The van der Waals surface area contributed by atoms with E-state index in [-0.39, 0.29) is 11.8 Å². The smallest absolute Gasteiger partial charge is 0.266 e. The zero-order valence-electron chi connectivity index (χ0n) is 23.8. The lowest BCUT2D eigenvalue weighted by molar-refractivity contribution is 0.0926. The molecule has 0 N–H and O–H groups in total. The standard InChI is InChI=1S/C39H22N4O2/c40-23-24-18-19-26(42-38(44)29-13-4-5-14-30(29)39(42)45)22-35(24)43-33-17-9-7-15-31(33)36-34(43)21-20-28-27-12-6-8-16-32(27)41(37(28)36)25-10-2-1-3-11-25/h1-22H. The Bertz CT molecular complexity index is 2570. The first-order valence-corrected chi connectivity index (χ1v) is 14.7. The van der Waals surface area contributed by atoms with Crippen LogP contribution in [0.15, 0.2) is 133 Å². The van der Waals surface area contributed by atoms with Gasteiger partial charge in [-0.05, 0) is 60.7 Å². The highest BCUT2D eigenvalue weighted by Gasteiger charge is 2.36. The summed E-state index contributed by atoms with van der Waals surface area (Å²) in [6.45, 7) is 0. The molecule has 1 aliphatic rings. The average Bonchev–Trinajstić information content (AvgIpc) is 3.70. The van der Waals surface area contributed by atoms with Gasteiger partial charge in [-0.25, -0.2) is 4.90 Å². The van der Waals surface area contributed by atoms with Crippen molar-refractivity contribution in [3.63, 3.8) is 0 Å². The van der Waals surface area contributed by atoms with Gasteiger partial charge in [-0.1, -0.05) is 72.8 Å². The summed E-state index contributed by atoms with van der Waals surface area (Å²) in [6, 6.07) is 45.5. The second-order valence-corrected chi connectivity index (χ2v) is 11.2. The van der Waals surface area contributed by atoms with Gasteiger partial charge >= 0.3 is 0 Å². The molecule has 0 saturated heterocycles. The van der Waals surface area contributed by atoms with Crippen molar-refractivity contribution < 1.29 is 9.59 Å². The van der Waals surface area contributed by atoms with Crippen LogP contribution in [0.2, 0.25) is 0 Å². The second-order valence-electron chi connectivity index (χ2n) is 11.2. The van der Waals surface area contributed by atoms with E-state index < -0.39 is 0 Å². The maximum absolute atomic E-state index is 13.4. The lowest BCUT2D eigenvalue weighted by Crippen LogP contribution is -2.29. The second kappa shape index (κ2) is 9.27. The van der Waals surface area contributed by atoms with Crippen LogP contribution in [0.25, 0.3) is 55.0 Å². The lowest BCUT2D eigenvalue weighted by atomic mass is 10.1. The molecule has 3 heterocycles. The maximum atomic E-state index is 13.4. The molecule has 9 rings (SSSR count). The Morgan fingerprint density at radius 2 is 1.13 bits per heavy atom. The zero-order valence-corrected chi connectivity index (χ0v) is 23.8. The molecular weight excluding hydrogens is 556 g/mol. The van der Waals surface area contributed by atoms with E-state index in [0.717, 1.165) is 49.3 Å². The SMILES string of the molecule is N#Cc1ccc(N2C(=O)c3ccccc3C2=O)cc1-n1c2ccccc2c2c1ccc1c3ccccc3n(-c3ccccc3)c12. The summed E-state index contributed by atoms with van der Waals surface area (Å²) in [6.07, 6.45) is 0. The van der Waals surface area contributed by atoms with Gasteiger partial charge in [0.15, 0.2) is 0 Å². The van der Waals surface area contributed by atoms with Crippen LogP contribution in [-0.4, -0.2) is 20.9 Å². The number of imide groups is 1. The van der Waals surface area contributed by atoms with Gasteiger partial charge in [0.05, 0.1) is 50.1 Å². The average molecular weight is 579 g/mol. The predicted molar refractivity (Wildman–Crippen MR) is 177 cm³/mol. The molecule has 2 amide bonds. The van der Waals surface area contributed by atoms with Crippen LogP contribution in [0.5, 0.6) is 0 Å². The van der Waals surface area contributed by atoms with Gasteiger partial charge in [0.2, 0.25) is 0 Å². The van der Waals surface area contributed by atoms with Crippen molar-refractivity contribution in [2.45, 2.75) is 0 Å². The quantitative estimate of drug-likeness (QED) is 0.197. The van der Waals surface area contributed by atoms with Gasteiger partial charge in [-0.15, -0.1) is 0 Å². The van der Waals surface area contributed by atoms with Crippen molar-refractivity contribution in [1.29, 1.82) is 5.26 Å². The Balaban J connectivity index is 1.38. The third-order valence-corrected chi connectivity index (χ3v) is 8.88. The fourth-order valence-electron chi connectivity index (χ4n) is 6.98. The minimum absolute atomic E-state index is 0.373. The van der Waals surface area contributed by atoms with Crippen molar-refractivity contribution in [3.8, 4) is 17.4 Å². The normalized spacial score (nSPS) is 12.9. The molecule has 0 saturated carbocycles. The van der Waals surface area contributed by atoms with Crippen LogP contribution in [0.4, 0.5) is 5.69 Å². The van der Waals surface area contributed by atoms with E-state index in [9.17, 15) is 14.9 Å². The van der Waals surface area contributed by atoms with Crippen molar-refractivity contribution in [1.82, 2.24) is 9.13 Å². The van der Waals surface area contributed by atoms with Crippen molar-refractivity contribution >= 4 is 61.1 Å². The first-order chi connectivity index (χ1) is 22.2. The van der Waals surface area contributed by atoms with Gasteiger partial charge in [0.1, 0.15) is 6.07 Å². The molecule has 210 valence electrons. The molecule has 0 spiro atoms. The summed E-state index contributed by atoms with van der Waals surface area (Å²) in [5.41, 5.74) is 7.27. The Morgan fingerprint density at radius 3 is 1.84 bits per heavy atom. The molecule has 8 aromatic rings. The van der Waals surface area contributed by atoms with Crippen molar-refractivity contribution in [2.75, 3.05) is 4.90 Å². The Kier molecular flexibility index (Phi) is 5.17. The third-order valence-electron chi connectivity index (χ3n) is 8.88. The molecule has 0 atom stereocenters. The molecule has 0 fully saturated rings. The topological polar surface area (TPSA) is 71.0 Å². The van der Waals surface area contributed by atoms with Gasteiger partial charge in [0, 0.05) is 27.2 Å². The molecule has 0 unspecified atom stereocenters. The number of carbonyl (C=O) groups excluding carboxylic acids is 2. The third kappa shape index (κ3) is 3.38. The maximum Gasteiger partial charge on any atom is 0.266 e. The number of carbonyl (C=O) groups is 2. The number of rotatable bonds is 3. The van der Waals surface area contributed by atoms with E-state index in [2.05, 4.69) is 69.8 Å². The molecule has 1 aliphatic heterocycles. The van der Waals surface area contributed by atoms with Crippen LogP contribution >= 0.6 is 0 Å². The number of para-hydroxylation sites is 3. The Hall–Kier alpha value is -6.45. The first-order valence-electron chi connectivity index (χ1n) is 14.7. The number of benzene rings is 6. The molecule has 2 aromatic heterocycles. The van der Waals surface area contributed by atoms with Crippen molar-refractivity contribution in [3.05, 3.63) is 150 Å². The monoisotopic (exact) mass is 578 g/mol. The summed E-state index contributed by atoms with van der Waals surface area (Å²) in [5, 5.41) is 14.7. The highest BCUT2D eigenvalue weighted by atomic mass is 16.2. The number of hydrogen-bond acceptors (Lipinski definition) is 3. The molecule has 6 nitrogen and oxygen atoms in total. The lowest BCUT2D eigenvalue weighted by Gasteiger charge is -2.17. The van der Waals surface area contributed by atoms with Crippen LogP contribution in [0.3, 0.4) is 0 Å². The van der Waals surface area contributed by atoms with E-state index in [1.165, 1.54) is 4.90 Å². The summed E-state index contributed by atoms with van der Waals surface area (Å²) in [7, 11) is 0. The Labute approximate surface area is 257 Å². The number of aromatic nitrogens is 2. The van der Waals surface area contributed by atoms with Gasteiger partial charge in [-0.2, -0.15) is 5.26 Å². The minimum Gasteiger partial charge on any atom is -0.309 e. The summed E-state index contributed by atoms with van der Waals surface area (Å²) in [4.78, 5) is 28.0. The fraction of sp³-hybridized carbons (Fsp3) is 0. The number of hydrogen-bond donors (Lipinski definition) is 0. The van der Waals surface area contributed by atoms with Gasteiger partial charge in [-0.3, -0.25) is 9.59 Å². The number of fused-ring (bicyclic) bond motifs is 8. The summed E-state index contributed by atoms with van der Waals surface area (Å²) < 4.78 is 4.39. The van der Waals surface area contributed by atoms with Crippen LogP contribution < -0.4 is 4.90 Å². The number of nitriles is 1. The highest BCUT2D eigenvalue weighted by molar-refractivity contribution is 6.34. The van der Waals surface area contributed by atoms with Gasteiger partial charge < -0.3 is 9.13 Å². The minimum atomic E-state index is -0.373. The number of amides is 2. The van der Waals surface area contributed by atoms with Crippen molar-refractivity contribution in [2.24, 2.45) is 0 Å². The van der Waals surface area contributed by atoms with E-state index in [0.29, 0.717) is 28.1 Å². The van der Waals surface area contributed by atoms with E-state index in [4.69, 9.17) is 0 Å². The molecule has 0 aliphatic carbocycles. The van der Waals surface area contributed by atoms with E-state index >= 15 is 0 Å². The van der Waals surface area contributed by atoms with E-state index in [1.807, 2.05) is 36.4 Å². The van der Waals surface area contributed by atoms with Crippen LogP contribution in [0.1, 0.15) is 26.3 Å². The Morgan fingerprint density at radius 1 is 0.511 bits per heavy atom. The van der Waals surface area contributed by atoms with E-state index in [1.54, 1.807) is 42.5 Å². The van der Waals surface area contributed by atoms with Crippen LogP contribution in [0, 0.1) is 11.3 Å². The zero-order chi connectivity index (χ0) is 30.2. The first kappa shape index (κ1) is 25.1. The molecule has 45 heavy (non-hydrogen) atoms. The number of anilines is 1. The van der Waals surface area contributed by atoms with Crippen LogP contribution in [-0.2, 0) is 0 Å². The predicted octanol–water partition coefficient (Wildman–Crippen LogP) is 8.55. The largest absolute Gasteiger partial charge is 0.309 e. The molecule has 0 radical (unpaired) electrons. The summed E-state index contributed by atoms with van der Waals surface area (Å²) >= 11 is 0. The molecule has 6 heteroatoms. The number of nitrogens with zero attached hydrogens (tertiary/aromatic N) is 4. The fourth-order valence-corrected chi connectivity index (χ4v) is 6.98. The molecule has 0 bridgehead atoms. The summed E-state index contributed by atoms with van der Waals surface area (Å²) in [5.74, 6) is -0.745. The van der Waals surface area contributed by atoms with Gasteiger partial charge in [0.25, 0.3) is 11.8 Å². The highest BCUT2D eigenvalue weighted by Crippen LogP contribution is 2.43. The molecule has 6 aromatic carbocycles.